The summed E-state index contributed by atoms with van der Waals surface area (Å²) in [6.07, 6.45) is 8.83. The average molecular weight is 277 g/mol. The topological polar surface area (TPSA) is 12.0 Å². The molecular weight excluding hydrogens is 250 g/mol. The quantitative estimate of drug-likeness (QED) is 0.837. The first-order chi connectivity index (χ1) is 9.19. The van der Waals surface area contributed by atoms with Gasteiger partial charge in [-0.05, 0) is 51.3 Å². The van der Waals surface area contributed by atoms with Crippen LogP contribution in [-0.4, -0.2) is 23.6 Å². The maximum atomic E-state index is 3.84. The zero-order valence-electron chi connectivity index (χ0n) is 12.5. The molecule has 3 atom stereocenters. The third-order valence-corrected chi connectivity index (χ3v) is 5.37. The molecule has 1 aliphatic carbocycles. The van der Waals surface area contributed by atoms with Crippen molar-refractivity contribution >= 4 is 11.8 Å². The number of aryl methyl sites for hydroxylation is 2. The molecule has 1 aliphatic rings. The van der Waals surface area contributed by atoms with Crippen LogP contribution in [0.1, 0.15) is 43.7 Å². The molecule has 0 bridgehead atoms. The Kier molecular flexibility index (Phi) is 5.77. The van der Waals surface area contributed by atoms with Crippen molar-refractivity contribution in [1.29, 1.82) is 0 Å². The van der Waals surface area contributed by atoms with Gasteiger partial charge in [-0.2, -0.15) is 11.8 Å². The highest BCUT2D eigenvalue weighted by Gasteiger charge is 2.26. The largest absolute Gasteiger partial charge is 0.310 e. The lowest BCUT2D eigenvalue weighted by Crippen LogP contribution is -2.40. The monoisotopic (exact) mass is 277 g/mol. The molecule has 3 unspecified atom stereocenters. The van der Waals surface area contributed by atoms with E-state index in [4.69, 9.17) is 0 Å². The second kappa shape index (κ2) is 7.35. The molecule has 0 radical (unpaired) electrons. The van der Waals surface area contributed by atoms with Crippen LogP contribution in [-0.2, 0) is 6.42 Å². The Bertz CT molecular complexity index is 391. The number of nitrogens with one attached hydrogen (secondary N) is 1. The minimum atomic E-state index is 0.623. The molecule has 0 amide bonds. The zero-order valence-corrected chi connectivity index (χ0v) is 13.3. The molecule has 1 N–H and O–H groups in total. The minimum Gasteiger partial charge on any atom is -0.310 e. The van der Waals surface area contributed by atoms with E-state index in [2.05, 4.69) is 49.7 Å². The van der Waals surface area contributed by atoms with Gasteiger partial charge in [-0.3, -0.25) is 0 Å². The number of hydrogen-bond donors (Lipinski definition) is 1. The molecule has 1 saturated carbocycles. The second-order valence-electron chi connectivity index (χ2n) is 5.91. The molecule has 0 spiro atoms. The highest BCUT2D eigenvalue weighted by Crippen LogP contribution is 2.28. The summed E-state index contributed by atoms with van der Waals surface area (Å²) in [5.41, 5.74) is 2.85. The molecule has 0 aliphatic heterocycles. The van der Waals surface area contributed by atoms with Gasteiger partial charge in [-0.25, -0.2) is 0 Å². The number of hydrogen-bond acceptors (Lipinski definition) is 2. The Morgan fingerprint density at radius 1 is 1.37 bits per heavy atom. The summed E-state index contributed by atoms with van der Waals surface area (Å²) in [6, 6.07) is 10.3. The van der Waals surface area contributed by atoms with E-state index in [0.29, 0.717) is 6.04 Å². The molecular formula is C17H27NS. The lowest BCUT2D eigenvalue weighted by atomic mass is 10.0. The van der Waals surface area contributed by atoms with Gasteiger partial charge in [0, 0.05) is 17.3 Å². The van der Waals surface area contributed by atoms with Gasteiger partial charge in [0.1, 0.15) is 0 Å². The highest BCUT2D eigenvalue weighted by molar-refractivity contribution is 7.99. The molecule has 1 aromatic carbocycles. The van der Waals surface area contributed by atoms with E-state index in [0.717, 1.165) is 11.3 Å². The van der Waals surface area contributed by atoms with E-state index < -0.39 is 0 Å². The summed E-state index contributed by atoms with van der Waals surface area (Å²) in [7, 11) is 0. The number of benzene rings is 1. The van der Waals surface area contributed by atoms with Crippen LogP contribution in [0.4, 0.5) is 0 Å². The third-order valence-electron chi connectivity index (χ3n) is 4.20. The van der Waals surface area contributed by atoms with Crippen molar-refractivity contribution in [1.82, 2.24) is 5.32 Å². The fraction of sp³-hybridized carbons (Fsp3) is 0.647. The smallest absolute Gasteiger partial charge is 0.0198 e. The zero-order chi connectivity index (χ0) is 13.7. The van der Waals surface area contributed by atoms with Crippen LogP contribution in [0.5, 0.6) is 0 Å². The van der Waals surface area contributed by atoms with Crippen molar-refractivity contribution in [3.05, 3.63) is 35.4 Å². The molecule has 19 heavy (non-hydrogen) atoms. The number of rotatable bonds is 6. The van der Waals surface area contributed by atoms with Gasteiger partial charge >= 0.3 is 0 Å². The predicted molar refractivity (Wildman–Crippen MR) is 87.0 cm³/mol. The van der Waals surface area contributed by atoms with E-state index in [-0.39, 0.29) is 0 Å². The van der Waals surface area contributed by atoms with Crippen molar-refractivity contribution in [2.24, 2.45) is 0 Å². The molecule has 0 heterocycles. The third kappa shape index (κ3) is 4.54. The van der Waals surface area contributed by atoms with E-state index in [9.17, 15) is 0 Å². The van der Waals surface area contributed by atoms with Crippen LogP contribution in [0.3, 0.4) is 0 Å². The summed E-state index contributed by atoms with van der Waals surface area (Å²) in [4.78, 5) is 0. The first-order valence-electron chi connectivity index (χ1n) is 7.53. The Morgan fingerprint density at radius 3 is 2.95 bits per heavy atom. The molecule has 1 nitrogen and oxygen atoms in total. The van der Waals surface area contributed by atoms with E-state index >= 15 is 0 Å². The van der Waals surface area contributed by atoms with Gasteiger partial charge in [0.2, 0.25) is 0 Å². The van der Waals surface area contributed by atoms with Gasteiger partial charge in [-0.15, -0.1) is 0 Å². The van der Waals surface area contributed by atoms with Crippen molar-refractivity contribution in [2.45, 2.75) is 63.3 Å². The van der Waals surface area contributed by atoms with Crippen molar-refractivity contribution in [2.75, 3.05) is 6.26 Å². The highest BCUT2D eigenvalue weighted by atomic mass is 32.2. The standard InChI is InChI=1S/C17H27NS/c1-13-6-4-7-15(12-13)11-10-14(2)18-16-8-5-9-17(16)19-3/h4,6-7,12,14,16-18H,5,8-11H2,1-3H3. The summed E-state index contributed by atoms with van der Waals surface area (Å²) in [5, 5.41) is 4.68. The van der Waals surface area contributed by atoms with E-state index in [1.165, 1.54) is 43.2 Å². The van der Waals surface area contributed by atoms with Crippen LogP contribution >= 0.6 is 11.8 Å². The maximum absolute atomic E-state index is 3.84. The Balaban J connectivity index is 1.76. The fourth-order valence-electron chi connectivity index (χ4n) is 3.10. The van der Waals surface area contributed by atoms with Crippen LogP contribution in [0.25, 0.3) is 0 Å². The van der Waals surface area contributed by atoms with Crippen LogP contribution in [0.15, 0.2) is 24.3 Å². The van der Waals surface area contributed by atoms with Crippen LogP contribution < -0.4 is 5.32 Å². The minimum absolute atomic E-state index is 0.623. The lowest BCUT2D eigenvalue weighted by molar-refractivity contribution is 0.436. The summed E-state index contributed by atoms with van der Waals surface area (Å²) in [5.74, 6) is 0. The first kappa shape index (κ1) is 14.9. The van der Waals surface area contributed by atoms with E-state index in [1.807, 2.05) is 11.8 Å². The summed E-state index contributed by atoms with van der Waals surface area (Å²) in [6.45, 7) is 4.51. The van der Waals surface area contributed by atoms with E-state index in [1.54, 1.807) is 0 Å². The molecule has 0 aromatic heterocycles. The number of thioether (sulfide) groups is 1. The fourth-order valence-corrected chi connectivity index (χ4v) is 4.04. The van der Waals surface area contributed by atoms with Crippen molar-refractivity contribution < 1.29 is 0 Å². The molecule has 0 saturated heterocycles. The summed E-state index contributed by atoms with van der Waals surface area (Å²) < 4.78 is 0. The SMILES string of the molecule is CSC1CCCC1NC(C)CCc1cccc(C)c1. The molecule has 106 valence electrons. The molecule has 1 aromatic rings. The molecule has 2 rings (SSSR count). The van der Waals surface area contributed by atoms with Crippen LogP contribution in [0, 0.1) is 6.92 Å². The van der Waals surface area contributed by atoms with Crippen LogP contribution in [0.2, 0.25) is 0 Å². The Hall–Kier alpha value is -0.470. The Labute approximate surface area is 122 Å². The van der Waals surface area contributed by atoms with Crippen molar-refractivity contribution in [3.63, 3.8) is 0 Å². The van der Waals surface area contributed by atoms with Crippen molar-refractivity contribution in [3.8, 4) is 0 Å². The lowest BCUT2D eigenvalue weighted by Gasteiger charge is -2.24. The van der Waals surface area contributed by atoms with Gasteiger partial charge < -0.3 is 5.32 Å². The average Bonchev–Trinajstić information content (AvgIpc) is 2.84. The van der Waals surface area contributed by atoms with Gasteiger partial charge in [0.05, 0.1) is 0 Å². The summed E-state index contributed by atoms with van der Waals surface area (Å²) >= 11 is 2.04. The van der Waals surface area contributed by atoms with Gasteiger partial charge in [-0.1, -0.05) is 36.2 Å². The molecule has 1 fully saturated rings. The van der Waals surface area contributed by atoms with Gasteiger partial charge in [0.25, 0.3) is 0 Å². The predicted octanol–water partition coefficient (Wildman–Crippen LogP) is 4.19. The first-order valence-corrected chi connectivity index (χ1v) is 8.82. The second-order valence-corrected chi connectivity index (χ2v) is 6.98. The normalized spacial score (nSPS) is 24.6. The van der Waals surface area contributed by atoms with Gasteiger partial charge in [0.15, 0.2) is 0 Å². The Morgan fingerprint density at radius 2 is 2.21 bits per heavy atom. The molecule has 2 heteroatoms. The maximum Gasteiger partial charge on any atom is 0.0198 e.